The van der Waals surface area contributed by atoms with Crippen molar-refractivity contribution < 1.29 is 18.8 Å². The van der Waals surface area contributed by atoms with Gasteiger partial charge < -0.3 is 14.1 Å². The number of hydrogen-bond acceptors (Lipinski definition) is 7. The van der Waals surface area contributed by atoms with E-state index in [9.17, 15) is 9.59 Å². The molecule has 0 saturated carbocycles. The zero-order valence-electron chi connectivity index (χ0n) is 28.6. The summed E-state index contributed by atoms with van der Waals surface area (Å²) in [5.41, 5.74) is 2.77. The summed E-state index contributed by atoms with van der Waals surface area (Å²) < 4.78 is 13.1. The summed E-state index contributed by atoms with van der Waals surface area (Å²) in [6.07, 6.45) is 6.43. The number of likely N-dealkylation sites (tertiary alicyclic amines) is 1. The maximum atomic E-state index is 14.0. The Kier molecular flexibility index (Phi) is 11.0. The molecule has 11 heteroatoms. The summed E-state index contributed by atoms with van der Waals surface area (Å²) in [5.74, 6) is -0.0816. The largest absolute Gasteiger partial charge is 0.444 e. The van der Waals surface area contributed by atoms with Gasteiger partial charge in [-0.2, -0.15) is 10.2 Å². The molecule has 2 aromatic heterocycles. The van der Waals surface area contributed by atoms with Gasteiger partial charge in [-0.3, -0.25) is 9.69 Å². The fourth-order valence-electron chi connectivity index (χ4n) is 5.46. The van der Waals surface area contributed by atoms with Crippen LogP contribution in [0.1, 0.15) is 87.5 Å². The van der Waals surface area contributed by atoms with Crippen LogP contribution in [0.4, 0.5) is 4.79 Å². The number of hydrogen-bond donors (Lipinski definition) is 0. The first-order valence-electron chi connectivity index (χ1n) is 15.9. The van der Waals surface area contributed by atoms with E-state index in [4.69, 9.17) is 20.8 Å². The summed E-state index contributed by atoms with van der Waals surface area (Å²) in [6.45, 7) is 17.2. The number of carbonyl (C=O) groups excluding carboxylic acids is 2. The van der Waals surface area contributed by atoms with Gasteiger partial charge in [-0.05, 0) is 93.6 Å². The van der Waals surface area contributed by atoms with Crippen molar-refractivity contribution >= 4 is 31.9 Å². The summed E-state index contributed by atoms with van der Waals surface area (Å²) in [6, 6.07) is 12.9. The van der Waals surface area contributed by atoms with E-state index in [1.807, 2.05) is 62.1 Å². The highest BCUT2D eigenvalue weighted by molar-refractivity contribution is 6.74. The topological polar surface area (TPSA) is 97.8 Å². The second-order valence-electron chi connectivity index (χ2n) is 14.7. The van der Waals surface area contributed by atoms with Crippen LogP contribution < -0.4 is 0 Å². The summed E-state index contributed by atoms with van der Waals surface area (Å²) >= 11 is 6.17. The number of nitrogens with zero attached hydrogens (tertiary/aromatic N) is 5. The van der Waals surface area contributed by atoms with Crippen LogP contribution in [0.3, 0.4) is 0 Å². The van der Waals surface area contributed by atoms with E-state index >= 15 is 0 Å². The van der Waals surface area contributed by atoms with Gasteiger partial charge in [0.05, 0.1) is 18.3 Å². The van der Waals surface area contributed by atoms with E-state index in [2.05, 4.69) is 49.0 Å². The van der Waals surface area contributed by atoms with E-state index in [0.29, 0.717) is 23.7 Å². The molecule has 1 saturated heterocycles. The first-order valence-corrected chi connectivity index (χ1v) is 19.1. The molecular formula is C35H48ClN5O4Si. The first kappa shape index (κ1) is 35.5. The average molecular weight is 666 g/mol. The number of pyridine rings is 1. The van der Waals surface area contributed by atoms with E-state index in [0.717, 1.165) is 29.5 Å². The van der Waals surface area contributed by atoms with Crippen LogP contribution in [-0.4, -0.2) is 70.0 Å². The number of aromatic nitrogens is 3. The molecule has 2 amide bonds. The predicted molar refractivity (Wildman–Crippen MR) is 183 cm³/mol. The maximum Gasteiger partial charge on any atom is 0.410 e. The molecular weight excluding hydrogens is 618 g/mol. The molecule has 0 N–H and O–H groups in total. The lowest BCUT2D eigenvalue weighted by Gasteiger charge is -2.43. The third-order valence-electron chi connectivity index (χ3n) is 8.89. The fourth-order valence-corrected chi connectivity index (χ4v) is 6.85. The van der Waals surface area contributed by atoms with Crippen LogP contribution in [-0.2, 0) is 22.1 Å². The molecule has 3 aromatic rings. The van der Waals surface area contributed by atoms with Gasteiger partial charge in [-0.15, -0.1) is 0 Å². The number of ether oxygens (including phenoxy) is 1. The Morgan fingerprint density at radius 3 is 2.24 bits per heavy atom. The molecule has 3 heterocycles. The van der Waals surface area contributed by atoms with Gasteiger partial charge in [0.25, 0.3) is 5.91 Å². The third kappa shape index (κ3) is 8.92. The third-order valence-corrected chi connectivity index (χ3v) is 13.6. The Morgan fingerprint density at radius 2 is 1.67 bits per heavy atom. The van der Waals surface area contributed by atoms with E-state index in [1.165, 1.54) is 0 Å². The second kappa shape index (κ2) is 14.2. The Balaban J connectivity index is 1.60. The van der Waals surface area contributed by atoms with Crippen molar-refractivity contribution in [3.63, 3.8) is 0 Å². The highest BCUT2D eigenvalue weighted by Gasteiger charge is 2.47. The van der Waals surface area contributed by atoms with E-state index < -0.39 is 20.0 Å². The Labute approximate surface area is 279 Å². The zero-order chi connectivity index (χ0) is 33.9. The van der Waals surface area contributed by atoms with Crippen LogP contribution >= 0.6 is 11.6 Å². The molecule has 248 valence electrons. The van der Waals surface area contributed by atoms with Gasteiger partial charge >= 0.3 is 6.09 Å². The molecule has 1 aromatic carbocycles. The molecule has 9 nitrogen and oxygen atoms in total. The second-order valence-corrected chi connectivity index (χ2v) is 19.9. The highest BCUT2D eigenvalue weighted by Crippen LogP contribution is 2.44. The van der Waals surface area contributed by atoms with Crippen LogP contribution in [0.5, 0.6) is 0 Å². The number of carbonyl (C=O) groups is 2. The normalized spacial score (nSPS) is 17.9. The van der Waals surface area contributed by atoms with Crippen molar-refractivity contribution in [1.29, 1.82) is 0 Å². The molecule has 3 atom stereocenters. The maximum absolute atomic E-state index is 14.0. The van der Waals surface area contributed by atoms with Gasteiger partial charge in [0.15, 0.2) is 8.32 Å². The minimum Gasteiger partial charge on any atom is -0.444 e. The van der Waals surface area contributed by atoms with Crippen LogP contribution in [0.25, 0.3) is 0 Å². The minimum absolute atomic E-state index is 0.0394. The number of benzene rings is 1. The summed E-state index contributed by atoms with van der Waals surface area (Å²) in [5, 5.41) is 8.06. The molecule has 0 bridgehead atoms. The zero-order valence-corrected chi connectivity index (χ0v) is 30.3. The van der Waals surface area contributed by atoms with Gasteiger partial charge in [-0.1, -0.05) is 50.6 Å². The fraction of sp³-hybridized carbons (Fsp3) is 0.514. The van der Waals surface area contributed by atoms with E-state index in [-0.39, 0.29) is 29.1 Å². The lowest BCUT2D eigenvalue weighted by atomic mass is 10.0. The molecule has 46 heavy (non-hydrogen) atoms. The SMILES string of the molecule is CN(Cc1ccnnc1)C(=O)c1ccc(CC2CCC(C(O[Si](C)(C)C(C)(C)C)c3ccc(Cl)nc3)N2C(=O)OC(C)(C)C)cc1. The molecule has 3 unspecified atom stereocenters. The molecule has 0 aliphatic carbocycles. The van der Waals surface area contributed by atoms with Crippen LogP contribution in [0, 0.1) is 0 Å². The highest BCUT2D eigenvalue weighted by atomic mass is 35.5. The van der Waals surface area contributed by atoms with Crippen molar-refractivity contribution in [2.45, 2.75) is 109 Å². The Hall–Kier alpha value is -3.34. The average Bonchev–Trinajstić information content (AvgIpc) is 3.39. The quantitative estimate of drug-likeness (QED) is 0.169. The lowest BCUT2D eigenvalue weighted by Crippen LogP contribution is -2.50. The van der Waals surface area contributed by atoms with Crippen molar-refractivity contribution in [2.75, 3.05) is 7.05 Å². The lowest BCUT2D eigenvalue weighted by molar-refractivity contribution is -0.00244. The van der Waals surface area contributed by atoms with Crippen molar-refractivity contribution in [3.8, 4) is 0 Å². The molecule has 1 aliphatic heterocycles. The van der Waals surface area contributed by atoms with Gasteiger partial charge in [0, 0.05) is 43.2 Å². The summed E-state index contributed by atoms with van der Waals surface area (Å²) in [7, 11) is -0.502. The first-order chi connectivity index (χ1) is 21.4. The predicted octanol–water partition coefficient (Wildman–Crippen LogP) is 7.87. The molecule has 1 aliphatic rings. The summed E-state index contributed by atoms with van der Waals surface area (Å²) in [4.78, 5) is 35.0. The monoisotopic (exact) mass is 665 g/mol. The van der Waals surface area contributed by atoms with Crippen LogP contribution in [0.15, 0.2) is 61.1 Å². The smallest absolute Gasteiger partial charge is 0.410 e. The Morgan fingerprint density at radius 1 is 0.978 bits per heavy atom. The van der Waals surface area contributed by atoms with Crippen molar-refractivity contribution in [3.05, 3.63) is 88.5 Å². The molecule has 0 spiro atoms. The van der Waals surface area contributed by atoms with Crippen molar-refractivity contribution in [2.24, 2.45) is 0 Å². The molecule has 0 radical (unpaired) electrons. The van der Waals surface area contributed by atoms with Gasteiger partial charge in [-0.25, -0.2) is 9.78 Å². The molecule has 4 rings (SSSR count). The van der Waals surface area contributed by atoms with E-state index in [1.54, 1.807) is 36.6 Å². The number of rotatable bonds is 9. The number of halogens is 1. The molecule has 1 fully saturated rings. The number of amides is 2. The van der Waals surface area contributed by atoms with Gasteiger partial charge in [0.2, 0.25) is 0 Å². The minimum atomic E-state index is -2.27. The van der Waals surface area contributed by atoms with Crippen LogP contribution in [0.2, 0.25) is 23.3 Å². The van der Waals surface area contributed by atoms with Gasteiger partial charge in [0.1, 0.15) is 10.8 Å². The van der Waals surface area contributed by atoms with Crippen molar-refractivity contribution in [1.82, 2.24) is 25.0 Å². The Bertz CT molecular complexity index is 1470. The standard InChI is InChI=1S/C35H48ClN5O4Si/c1-34(2,3)44-33(43)41-28(20-24-10-12-26(13-11-24)32(42)40(7)23-25-18-19-38-39-21-25)15-16-29(41)31(27-14-17-30(36)37-22-27)45-46(8,9)35(4,5)6/h10-14,17-19,21-22,28-29,31H,15-16,20,23H2,1-9H3.